The molecule has 0 spiro atoms. The number of thioether (sulfide) groups is 2. The van der Waals surface area contributed by atoms with E-state index in [1.165, 1.54) is 39.5 Å². The molecule has 2 amide bonds. The van der Waals surface area contributed by atoms with Gasteiger partial charge < -0.3 is 16.1 Å². The number of carbonyl (C=O) groups is 2. The minimum Gasteiger partial charge on any atom is -0.343 e. The summed E-state index contributed by atoms with van der Waals surface area (Å²) in [5, 5.41) is 13.7. The molecule has 1 aromatic carbocycles. The van der Waals surface area contributed by atoms with Crippen LogP contribution in [-0.4, -0.2) is 60.7 Å². The molecule has 2 heterocycles. The monoisotopic (exact) mass is 491 g/mol. The number of thiazole rings is 1. The fourth-order valence-electron chi connectivity index (χ4n) is 2.73. The quantitative estimate of drug-likeness (QED) is 0.328. The number of nitrogen functional groups attached to an aromatic ring is 1. The lowest BCUT2D eigenvalue weighted by atomic mass is 10.2. The minimum absolute atomic E-state index is 0.0169. The van der Waals surface area contributed by atoms with Gasteiger partial charge in [0.15, 0.2) is 5.13 Å². The van der Waals surface area contributed by atoms with Gasteiger partial charge in [-0.2, -0.15) is 0 Å². The first-order chi connectivity index (χ1) is 15.4. The van der Waals surface area contributed by atoms with E-state index < -0.39 is 5.25 Å². The standard InChI is InChI=1S/C20H25N7O2S3/c1-4-26(5-2)16(28)12-31-19-24-25-20(27(19)21)32-13(3)17(29)23-18-22-15(11-30-18)14-9-7-6-8-10-14/h6-11,13H,4-5,12,21H2,1-3H3,(H,22,23,29). The first kappa shape index (κ1) is 24.1. The van der Waals surface area contributed by atoms with Gasteiger partial charge in [0, 0.05) is 24.0 Å². The molecule has 0 aliphatic carbocycles. The van der Waals surface area contributed by atoms with Gasteiger partial charge in [0.25, 0.3) is 0 Å². The molecule has 170 valence electrons. The zero-order chi connectivity index (χ0) is 23.1. The van der Waals surface area contributed by atoms with E-state index in [1.54, 1.807) is 11.8 Å². The normalized spacial score (nSPS) is 11.8. The van der Waals surface area contributed by atoms with Crippen molar-refractivity contribution < 1.29 is 9.59 Å². The van der Waals surface area contributed by atoms with E-state index in [0.717, 1.165) is 11.3 Å². The van der Waals surface area contributed by atoms with Crippen molar-refractivity contribution in [3.05, 3.63) is 35.7 Å². The van der Waals surface area contributed by atoms with Crippen LogP contribution in [0.5, 0.6) is 0 Å². The molecule has 1 unspecified atom stereocenters. The molecule has 0 saturated heterocycles. The summed E-state index contributed by atoms with van der Waals surface area (Å²) in [6, 6.07) is 9.78. The summed E-state index contributed by atoms with van der Waals surface area (Å²) in [6.07, 6.45) is 0. The second-order valence-electron chi connectivity index (χ2n) is 6.64. The lowest BCUT2D eigenvalue weighted by molar-refractivity contribution is -0.128. The van der Waals surface area contributed by atoms with E-state index in [-0.39, 0.29) is 17.6 Å². The largest absolute Gasteiger partial charge is 0.343 e. The Hall–Kier alpha value is -2.57. The number of aromatic nitrogens is 4. The number of nitrogens with zero attached hydrogens (tertiary/aromatic N) is 5. The zero-order valence-electron chi connectivity index (χ0n) is 18.0. The van der Waals surface area contributed by atoms with Crippen molar-refractivity contribution in [3.63, 3.8) is 0 Å². The first-order valence-electron chi connectivity index (χ1n) is 10.0. The summed E-state index contributed by atoms with van der Waals surface area (Å²) >= 11 is 3.79. The maximum absolute atomic E-state index is 12.6. The maximum Gasteiger partial charge on any atom is 0.239 e. The Labute approximate surface area is 199 Å². The van der Waals surface area contributed by atoms with Gasteiger partial charge in [0.05, 0.1) is 16.7 Å². The molecule has 12 heteroatoms. The summed E-state index contributed by atoms with van der Waals surface area (Å²) in [6.45, 7) is 6.95. The number of benzene rings is 1. The van der Waals surface area contributed by atoms with Crippen LogP contribution < -0.4 is 11.2 Å². The van der Waals surface area contributed by atoms with E-state index in [2.05, 4.69) is 20.5 Å². The molecular weight excluding hydrogens is 466 g/mol. The molecule has 0 aliphatic rings. The van der Waals surface area contributed by atoms with Crippen molar-refractivity contribution in [2.75, 3.05) is 30.0 Å². The van der Waals surface area contributed by atoms with Crippen LogP contribution in [0.2, 0.25) is 0 Å². The zero-order valence-corrected chi connectivity index (χ0v) is 20.5. The van der Waals surface area contributed by atoms with Crippen molar-refractivity contribution in [2.24, 2.45) is 0 Å². The maximum atomic E-state index is 12.6. The number of rotatable bonds is 10. The van der Waals surface area contributed by atoms with Gasteiger partial charge in [0.2, 0.25) is 22.1 Å². The molecule has 0 bridgehead atoms. The lowest BCUT2D eigenvalue weighted by Gasteiger charge is -2.17. The summed E-state index contributed by atoms with van der Waals surface area (Å²) in [5.74, 6) is 6.12. The SMILES string of the molecule is CCN(CC)C(=O)CSc1nnc(SC(C)C(=O)Nc2nc(-c3ccccc3)cs2)n1N. The highest BCUT2D eigenvalue weighted by Crippen LogP contribution is 2.27. The van der Waals surface area contributed by atoms with Crippen molar-refractivity contribution in [1.29, 1.82) is 0 Å². The number of amides is 2. The minimum atomic E-state index is -0.472. The average molecular weight is 492 g/mol. The highest BCUT2D eigenvalue weighted by molar-refractivity contribution is 8.00. The molecule has 9 nitrogen and oxygen atoms in total. The number of hydrogen-bond acceptors (Lipinski definition) is 9. The van der Waals surface area contributed by atoms with Gasteiger partial charge >= 0.3 is 0 Å². The van der Waals surface area contributed by atoms with Crippen LogP contribution in [0.25, 0.3) is 11.3 Å². The van der Waals surface area contributed by atoms with Crippen LogP contribution in [0.1, 0.15) is 20.8 Å². The Morgan fingerprint density at radius 1 is 1.19 bits per heavy atom. The molecule has 0 saturated carbocycles. The Balaban J connectivity index is 1.55. The van der Waals surface area contributed by atoms with Gasteiger partial charge in [0.1, 0.15) is 0 Å². The predicted octanol–water partition coefficient (Wildman–Crippen LogP) is 3.20. The molecule has 1 atom stereocenters. The van der Waals surface area contributed by atoms with E-state index in [9.17, 15) is 9.59 Å². The first-order valence-corrected chi connectivity index (χ1v) is 12.8. The summed E-state index contributed by atoms with van der Waals surface area (Å²) < 4.78 is 1.31. The van der Waals surface area contributed by atoms with Crippen molar-refractivity contribution in [3.8, 4) is 11.3 Å². The van der Waals surface area contributed by atoms with Crippen LogP contribution in [0, 0.1) is 0 Å². The number of nitrogens with two attached hydrogens (primary N) is 1. The third-order valence-corrected chi connectivity index (χ3v) is 7.27. The second kappa shape index (κ2) is 11.3. The van der Waals surface area contributed by atoms with Gasteiger partial charge in [-0.15, -0.1) is 21.5 Å². The molecule has 2 aromatic heterocycles. The van der Waals surface area contributed by atoms with Gasteiger partial charge in [-0.25, -0.2) is 9.66 Å². The van der Waals surface area contributed by atoms with E-state index in [1.807, 2.05) is 49.6 Å². The molecule has 3 N–H and O–H groups in total. The van der Waals surface area contributed by atoms with Crippen LogP contribution in [0.3, 0.4) is 0 Å². The van der Waals surface area contributed by atoms with Gasteiger partial charge in [-0.1, -0.05) is 53.9 Å². The predicted molar refractivity (Wildman–Crippen MR) is 130 cm³/mol. The van der Waals surface area contributed by atoms with Crippen molar-refractivity contribution in [1.82, 2.24) is 24.8 Å². The molecule has 3 aromatic rings. The van der Waals surface area contributed by atoms with E-state index >= 15 is 0 Å². The highest BCUT2D eigenvalue weighted by atomic mass is 32.2. The van der Waals surface area contributed by atoms with E-state index in [4.69, 9.17) is 5.84 Å². The molecule has 0 radical (unpaired) electrons. The van der Waals surface area contributed by atoms with Crippen LogP contribution in [0.15, 0.2) is 46.0 Å². The lowest BCUT2D eigenvalue weighted by Crippen LogP contribution is -2.32. The number of hydrogen-bond donors (Lipinski definition) is 2. The Kier molecular flexibility index (Phi) is 8.53. The van der Waals surface area contributed by atoms with Gasteiger partial charge in [-0.05, 0) is 20.8 Å². The third kappa shape index (κ3) is 6.02. The summed E-state index contributed by atoms with van der Waals surface area (Å²) in [7, 11) is 0. The third-order valence-electron chi connectivity index (χ3n) is 4.53. The van der Waals surface area contributed by atoms with E-state index in [0.29, 0.717) is 28.5 Å². The Morgan fingerprint density at radius 2 is 1.88 bits per heavy atom. The number of nitrogens with one attached hydrogen (secondary N) is 1. The summed E-state index contributed by atoms with van der Waals surface area (Å²) in [5.41, 5.74) is 1.81. The average Bonchev–Trinajstić information content (AvgIpc) is 3.40. The Bertz CT molecular complexity index is 1050. The molecule has 0 aliphatic heterocycles. The van der Waals surface area contributed by atoms with Crippen molar-refractivity contribution >= 4 is 51.8 Å². The fraction of sp³-hybridized carbons (Fsp3) is 0.350. The molecule has 32 heavy (non-hydrogen) atoms. The van der Waals surface area contributed by atoms with Crippen LogP contribution in [-0.2, 0) is 9.59 Å². The highest BCUT2D eigenvalue weighted by Gasteiger charge is 2.21. The van der Waals surface area contributed by atoms with Crippen molar-refractivity contribution in [2.45, 2.75) is 36.3 Å². The van der Waals surface area contributed by atoms with Crippen LogP contribution in [0.4, 0.5) is 5.13 Å². The molecular formula is C20H25N7O2S3. The summed E-state index contributed by atoms with van der Waals surface area (Å²) in [4.78, 5) is 31.0. The molecule has 0 fully saturated rings. The smallest absolute Gasteiger partial charge is 0.239 e. The van der Waals surface area contributed by atoms with Crippen LogP contribution >= 0.6 is 34.9 Å². The number of anilines is 1. The fourth-order valence-corrected chi connectivity index (χ4v) is 5.04. The molecule has 3 rings (SSSR count). The Morgan fingerprint density at radius 3 is 2.56 bits per heavy atom. The number of carbonyl (C=O) groups excluding carboxylic acids is 2. The van der Waals surface area contributed by atoms with Gasteiger partial charge in [-0.3, -0.25) is 9.59 Å². The second-order valence-corrected chi connectivity index (χ2v) is 9.75. The topological polar surface area (TPSA) is 119 Å².